The molecule has 2 aliphatic rings. The summed E-state index contributed by atoms with van der Waals surface area (Å²) in [7, 11) is 2.02. The van der Waals surface area contributed by atoms with Gasteiger partial charge in [-0.05, 0) is 43.4 Å². The first-order valence-electron chi connectivity index (χ1n) is 8.17. The third-order valence-corrected chi connectivity index (χ3v) is 5.72. The molecule has 2 nitrogen and oxygen atoms in total. The molecule has 0 spiro atoms. The van der Waals surface area contributed by atoms with Gasteiger partial charge in [0.15, 0.2) is 0 Å². The molecule has 3 rings (SSSR count). The average Bonchev–Trinajstić information content (AvgIpc) is 3.30. The Balaban J connectivity index is 1.77. The third kappa shape index (κ3) is 3.03. The quantitative estimate of drug-likeness (QED) is 0.726. The van der Waals surface area contributed by atoms with Crippen molar-refractivity contribution in [2.24, 2.45) is 0 Å². The van der Waals surface area contributed by atoms with Crippen LogP contribution in [0, 0.1) is 0 Å². The standard InChI is InChI=1S/C18H24BrNO/c1-20(16-9-4-2-3-5-10-16)17(21)18(11-12-18)14-7-6-8-15(19)13-14/h6-8,13,16H,2-5,9-12H2,1H3. The lowest BCUT2D eigenvalue weighted by molar-refractivity contribution is -0.135. The molecule has 0 saturated heterocycles. The minimum Gasteiger partial charge on any atom is -0.342 e. The van der Waals surface area contributed by atoms with Gasteiger partial charge in [-0.1, -0.05) is 53.7 Å². The Morgan fingerprint density at radius 1 is 1.19 bits per heavy atom. The summed E-state index contributed by atoms with van der Waals surface area (Å²) < 4.78 is 1.07. The predicted octanol–water partition coefficient (Wildman–Crippen LogP) is 4.66. The minimum absolute atomic E-state index is 0.231. The molecule has 0 aliphatic heterocycles. The Labute approximate surface area is 136 Å². The first-order valence-corrected chi connectivity index (χ1v) is 8.96. The number of benzene rings is 1. The molecule has 0 atom stereocenters. The van der Waals surface area contributed by atoms with Crippen LogP contribution in [0.5, 0.6) is 0 Å². The number of hydrogen-bond acceptors (Lipinski definition) is 1. The molecule has 0 aromatic heterocycles. The van der Waals surface area contributed by atoms with Crippen molar-refractivity contribution >= 4 is 21.8 Å². The molecule has 2 aliphatic carbocycles. The summed E-state index contributed by atoms with van der Waals surface area (Å²) in [4.78, 5) is 15.1. The van der Waals surface area contributed by atoms with Crippen molar-refractivity contribution in [3.05, 3.63) is 34.3 Å². The Hall–Kier alpha value is -0.830. The van der Waals surface area contributed by atoms with Gasteiger partial charge in [0.2, 0.25) is 5.91 Å². The van der Waals surface area contributed by atoms with E-state index in [0.717, 1.165) is 17.3 Å². The van der Waals surface area contributed by atoms with Crippen LogP contribution in [0.3, 0.4) is 0 Å². The topological polar surface area (TPSA) is 20.3 Å². The normalized spacial score (nSPS) is 21.6. The SMILES string of the molecule is CN(C(=O)C1(c2cccc(Br)c2)CC1)C1CCCCCC1. The monoisotopic (exact) mass is 349 g/mol. The second kappa shape index (κ2) is 6.12. The van der Waals surface area contributed by atoms with Crippen LogP contribution in [0.15, 0.2) is 28.7 Å². The van der Waals surface area contributed by atoms with Gasteiger partial charge in [0, 0.05) is 17.6 Å². The predicted molar refractivity (Wildman–Crippen MR) is 89.3 cm³/mol. The van der Waals surface area contributed by atoms with Crippen LogP contribution in [-0.2, 0) is 10.2 Å². The van der Waals surface area contributed by atoms with E-state index in [0.29, 0.717) is 11.9 Å². The van der Waals surface area contributed by atoms with Gasteiger partial charge in [-0.15, -0.1) is 0 Å². The summed E-state index contributed by atoms with van der Waals surface area (Å²) in [5.41, 5.74) is 0.951. The molecule has 2 saturated carbocycles. The molecule has 1 aromatic rings. The number of amides is 1. The highest BCUT2D eigenvalue weighted by Gasteiger charge is 2.53. The van der Waals surface area contributed by atoms with Crippen LogP contribution < -0.4 is 0 Å². The Morgan fingerprint density at radius 3 is 2.43 bits per heavy atom. The van der Waals surface area contributed by atoms with Crippen LogP contribution in [0.25, 0.3) is 0 Å². The van der Waals surface area contributed by atoms with Gasteiger partial charge in [0.1, 0.15) is 0 Å². The van der Waals surface area contributed by atoms with E-state index in [9.17, 15) is 4.79 Å². The summed E-state index contributed by atoms with van der Waals surface area (Å²) in [6.07, 6.45) is 9.55. The van der Waals surface area contributed by atoms with Gasteiger partial charge in [-0.25, -0.2) is 0 Å². The highest BCUT2D eigenvalue weighted by Crippen LogP contribution is 2.50. The van der Waals surface area contributed by atoms with Crippen LogP contribution in [0.1, 0.15) is 56.9 Å². The van der Waals surface area contributed by atoms with E-state index in [-0.39, 0.29) is 5.41 Å². The molecule has 0 bridgehead atoms. The molecule has 2 fully saturated rings. The van der Waals surface area contributed by atoms with Crippen molar-refractivity contribution in [3.8, 4) is 0 Å². The molecule has 0 radical (unpaired) electrons. The number of nitrogens with zero attached hydrogens (tertiary/aromatic N) is 1. The van der Waals surface area contributed by atoms with E-state index in [2.05, 4.69) is 33.0 Å². The smallest absolute Gasteiger partial charge is 0.233 e. The van der Waals surface area contributed by atoms with Crippen LogP contribution in [0.4, 0.5) is 0 Å². The zero-order chi connectivity index (χ0) is 14.9. The number of rotatable bonds is 3. The minimum atomic E-state index is -0.231. The number of hydrogen-bond donors (Lipinski definition) is 0. The fourth-order valence-electron chi connectivity index (χ4n) is 3.69. The lowest BCUT2D eigenvalue weighted by Crippen LogP contribution is -2.43. The maximum absolute atomic E-state index is 13.1. The van der Waals surface area contributed by atoms with E-state index in [1.165, 1.54) is 44.1 Å². The van der Waals surface area contributed by atoms with Gasteiger partial charge >= 0.3 is 0 Å². The zero-order valence-corrected chi connectivity index (χ0v) is 14.4. The summed E-state index contributed by atoms with van der Waals surface area (Å²) >= 11 is 3.53. The van der Waals surface area contributed by atoms with Crippen LogP contribution in [-0.4, -0.2) is 23.9 Å². The molecular weight excluding hydrogens is 326 g/mol. The average molecular weight is 350 g/mol. The molecule has 3 heteroatoms. The Morgan fingerprint density at radius 2 is 1.86 bits per heavy atom. The van der Waals surface area contributed by atoms with Gasteiger partial charge in [0.25, 0.3) is 0 Å². The van der Waals surface area contributed by atoms with E-state index >= 15 is 0 Å². The molecule has 114 valence electrons. The molecular formula is C18H24BrNO. The van der Waals surface area contributed by atoms with E-state index in [1.54, 1.807) is 0 Å². The maximum Gasteiger partial charge on any atom is 0.233 e. The molecule has 21 heavy (non-hydrogen) atoms. The van der Waals surface area contributed by atoms with Crippen LogP contribution in [0.2, 0.25) is 0 Å². The number of carbonyl (C=O) groups is 1. The van der Waals surface area contributed by atoms with Gasteiger partial charge < -0.3 is 4.90 Å². The Kier molecular flexibility index (Phi) is 4.39. The van der Waals surface area contributed by atoms with Crippen molar-refractivity contribution in [1.29, 1.82) is 0 Å². The van der Waals surface area contributed by atoms with Gasteiger partial charge in [0.05, 0.1) is 5.41 Å². The van der Waals surface area contributed by atoms with Crippen LogP contribution >= 0.6 is 15.9 Å². The Bertz CT molecular complexity index is 516. The molecule has 1 amide bonds. The van der Waals surface area contributed by atoms with E-state index < -0.39 is 0 Å². The summed E-state index contributed by atoms with van der Waals surface area (Å²) in [6, 6.07) is 8.74. The third-order valence-electron chi connectivity index (χ3n) is 5.23. The fraction of sp³-hybridized carbons (Fsp3) is 0.611. The first kappa shape index (κ1) is 15.1. The summed E-state index contributed by atoms with van der Waals surface area (Å²) in [6.45, 7) is 0. The molecule has 0 unspecified atom stereocenters. The fourth-order valence-corrected chi connectivity index (χ4v) is 4.08. The van der Waals surface area contributed by atoms with E-state index in [4.69, 9.17) is 0 Å². The summed E-state index contributed by atoms with van der Waals surface area (Å²) in [5, 5.41) is 0. The molecule has 1 aromatic carbocycles. The van der Waals surface area contributed by atoms with E-state index in [1.807, 2.05) is 19.2 Å². The first-order chi connectivity index (χ1) is 10.1. The second-order valence-corrected chi connectivity index (χ2v) is 7.57. The zero-order valence-electron chi connectivity index (χ0n) is 12.8. The van der Waals surface area contributed by atoms with Crippen molar-refractivity contribution in [2.75, 3.05) is 7.05 Å². The van der Waals surface area contributed by atoms with Gasteiger partial charge in [-0.2, -0.15) is 0 Å². The largest absolute Gasteiger partial charge is 0.342 e. The summed E-state index contributed by atoms with van der Waals surface area (Å²) in [5.74, 6) is 0.340. The van der Waals surface area contributed by atoms with Crippen molar-refractivity contribution in [2.45, 2.75) is 62.8 Å². The number of carbonyl (C=O) groups excluding carboxylic acids is 1. The highest BCUT2D eigenvalue weighted by molar-refractivity contribution is 9.10. The van der Waals surface area contributed by atoms with Crippen molar-refractivity contribution < 1.29 is 4.79 Å². The molecule has 0 N–H and O–H groups in total. The van der Waals surface area contributed by atoms with Gasteiger partial charge in [-0.3, -0.25) is 4.79 Å². The lowest BCUT2D eigenvalue weighted by Gasteiger charge is -2.31. The van der Waals surface area contributed by atoms with Crippen molar-refractivity contribution in [3.63, 3.8) is 0 Å². The highest BCUT2D eigenvalue weighted by atomic mass is 79.9. The lowest BCUT2D eigenvalue weighted by atomic mass is 9.93. The number of likely N-dealkylation sites (N-methyl/N-ethyl adjacent to an activating group) is 1. The molecule has 0 heterocycles. The maximum atomic E-state index is 13.1. The number of halogens is 1. The van der Waals surface area contributed by atoms with Crippen molar-refractivity contribution in [1.82, 2.24) is 4.90 Å². The second-order valence-electron chi connectivity index (χ2n) is 6.65.